The van der Waals surface area contributed by atoms with E-state index >= 15 is 0 Å². The summed E-state index contributed by atoms with van der Waals surface area (Å²) in [5.41, 5.74) is 0.277. The van der Waals surface area contributed by atoms with Crippen molar-refractivity contribution in [3.05, 3.63) is 66.7 Å². The molecule has 0 radical (unpaired) electrons. The standard InChI is InChI=1S/C23H24N4O5S/c1-31-21-7-3-4-8-22(21)32-20-10-9-17(33(29,30)27-13-5-2-6-14-27)15-18(20)26-23(28)19-16-24-11-12-25-19/h3-4,7-12,15-16H,2,5-6,13-14H2,1H3,(H,26,28). The van der Waals surface area contributed by atoms with Crippen molar-refractivity contribution in [2.45, 2.75) is 24.2 Å². The van der Waals surface area contributed by atoms with Gasteiger partial charge in [-0.05, 0) is 43.2 Å². The van der Waals surface area contributed by atoms with Crippen molar-refractivity contribution in [1.82, 2.24) is 14.3 Å². The summed E-state index contributed by atoms with van der Waals surface area (Å²) in [7, 11) is -2.19. The number of hydrogen-bond donors (Lipinski definition) is 1. The SMILES string of the molecule is COc1ccccc1Oc1ccc(S(=O)(=O)N2CCCCC2)cc1NC(=O)c1cnccn1. The molecule has 9 nitrogen and oxygen atoms in total. The number of anilines is 1. The second kappa shape index (κ2) is 9.97. The minimum Gasteiger partial charge on any atom is -0.493 e. The van der Waals surface area contributed by atoms with Crippen LogP contribution in [0.5, 0.6) is 17.2 Å². The fraction of sp³-hybridized carbons (Fsp3) is 0.261. The summed E-state index contributed by atoms with van der Waals surface area (Å²) in [6.45, 7) is 0.951. The van der Waals surface area contributed by atoms with Crippen LogP contribution < -0.4 is 14.8 Å². The number of sulfonamides is 1. The first-order valence-electron chi connectivity index (χ1n) is 10.5. The fourth-order valence-corrected chi connectivity index (χ4v) is 5.08. The van der Waals surface area contributed by atoms with Gasteiger partial charge in [-0.1, -0.05) is 18.6 Å². The van der Waals surface area contributed by atoms with Gasteiger partial charge in [-0.2, -0.15) is 4.31 Å². The Bertz CT molecular complexity index is 1230. The number of nitrogens with one attached hydrogen (secondary N) is 1. The molecule has 0 spiro atoms. The molecule has 1 aromatic heterocycles. The molecular weight excluding hydrogens is 444 g/mol. The minimum absolute atomic E-state index is 0.0752. The molecule has 2 heterocycles. The summed E-state index contributed by atoms with van der Waals surface area (Å²) in [4.78, 5) is 20.7. The minimum atomic E-state index is -3.71. The predicted molar refractivity (Wildman–Crippen MR) is 122 cm³/mol. The van der Waals surface area contributed by atoms with Crippen molar-refractivity contribution >= 4 is 21.6 Å². The van der Waals surface area contributed by atoms with Gasteiger partial charge in [0.05, 0.1) is 23.9 Å². The van der Waals surface area contributed by atoms with E-state index in [1.165, 1.54) is 48.2 Å². The Hall–Kier alpha value is -3.50. The molecule has 1 N–H and O–H groups in total. The number of methoxy groups -OCH3 is 1. The number of rotatable bonds is 7. The lowest BCUT2D eigenvalue weighted by Crippen LogP contribution is -2.35. The van der Waals surface area contributed by atoms with Gasteiger partial charge in [0.25, 0.3) is 5.91 Å². The van der Waals surface area contributed by atoms with Crippen LogP contribution in [0, 0.1) is 0 Å². The lowest BCUT2D eigenvalue weighted by Gasteiger charge is -2.26. The number of amides is 1. The number of ether oxygens (including phenoxy) is 2. The Morgan fingerprint density at radius 2 is 1.76 bits per heavy atom. The van der Waals surface area contributed by atoms with Crippen molar-refractivity contribution in [3.63, 3.8) is 0 Å². The van der Waals surface area contributed by atoms with E-state index in [9.17, 15) is 13.2 Å². The van der Waals surface area contributed by atoms with Crippen molar-refractivity contribution in [1.29, 1.82) is 0 Å². The van der Waals surface area contributed by atoms with Gasteiger partial charge < -0.3 is 14.8 Å². The highest BCUT2D eigenvalue weighted by molar-refractivity contribution is 7.89. The second-order valence-electron chi connectivity index (χ2n) is 7.42. The van der Waals surface area contributed by atoms with Gasteiger partial charge in [-0.15, -0.1) is 0 Å². The number of nitrogens with zero attached hydrogens (tertiary/aromatic N) is 3. The quantitative estimate of drug-likeness (QED) is 0.563. The average molecular weight is 469 g/mol. The number of benzene rings is 2. The lowest BCUT2D eigenvalue weighted by molar-refractivity contribution is 0.102. The molecular formula is C23H24N4O5S. The first-order valence-corrected chi connectivity index (χ1v) is 12.0. The highest BCUT2D eigenvalue weighted by Crippen LogP contribution is 2.37. The Balaban J connectivity index is 1.71. The van der Waals surface area contributed by atoms with Crippen LogP contribution in [-0.4, -0.2) is 48.8 Å². The topological polar surface area (TPSA) is 111 Å². The zero-order chi connectivity index (χ0) is 23.3. The van der Waals surface area contributed by atoms with Crippen LogP contribution in [-0.2, 0) is 10.0 Å². The first-order chi connectivity index (χ1) is 16.0. The predicted octanol–water partition coefficient (Wildman–Crippen LogP) is 3.70. The zero-order valence-electron chi connectivity index (χ0n) is 18.1. The van der Waals surface area contributed by atoms with E-state index in [4.69, 9.17) is 9.47 Å². The summed E-state index contributed by atoms with van der Waals surface area (Å²) < 4.78 is 39.2. The van der Waals surface area contributed by atoms with E-state index in [1.54, 1.807) is 24.3 Å². The summed E-state index contributed by atoms with van der Waals surface area (Å²) in [6.07, 6.45) is 6.84. The van der Waals surface area contributed by atoms with Crippen LogP contribution in [0.15, 0.2) is 66.0 Å². The van der Waals surface area contributed by atoms with E-state index in [0.29, 0.717) is 24.6 Å². The molecule has 4 rings (SSSR count). The summed E-state index contributed by atoms with van der Waals surface area (Å²) >= 11 is 0. The van der Waals surface area contributed by atoms with E-state index in [1.807, 2.05) is 0 Å². The van der Waals surface area contributed by atoms with Gasteiger partial charge in [0.1, 0.15) is 5.69 Å². The monoisotopic (exact) mass is 468 g/mol. The van der Waals surface area contributed by atoms with Gasteiger partial charge in [-0.3, -0.25) is 9.78 Å². The molecule has 172 valence electrons. The van der Waals surface area contributed by atoms with E-state index in [-0.39, 0.29) is 22.0 Å². The fourth-order valence-electron chi connectivity index (χ4n) is 3.53. The molecule has 0 atom stereocenters. The molecule has 33 heavy (non-hydrogen) atoms. The normalized spacial score (nSPS) is 14.5. The number of aromatic nitrogens is 2. The van der Waals surface area contributed by atoms with Gasteiger partial charge >= 0.3 is 0 Å². The van der Waals surface area contributed by atoms with E-state index < -0.39 is 15.9 Å². The van der Waals surface area contributed by atoms with Crippen LogP contribution in [0.4, 0.5) is 5.69 Å². The molecule has 3 aromatic rings. The number of piperidine rings is 1. The molecule has 1 saturated heterocycles. The summed E-state index contributed by atoms with van der Waals surface area (Å²) in [5, 5.41) is 2.71. The maximum Gasteiger partial charge on any atom is 0.275 e. The molecule has 1 aliphatic rings. The Morgan fingerprint density at radius 3 is 2.45 bits per heavy atom. The molecule has 10 heteroatoms. The van der Waals surface area contributed by atoms with Crippen LogP contribution in [0.3, 0.4) is 0 Å². The van der Waals surface area contributed by atoms with Gasteiger partial charge in [0.15, 0.2) is 17.2 Å². The van der Waals surface area contributed by atoms with Gasteiger partial charge in [-0.25, -0.2) is 13.4 Å². The Kier molecular flexibility index (Phi) is 6.85. The Morgan fingerprint density at radius 1 is 1.00 bits per heavy atom. The van der Waals surface area contributed by atoms with Crippen LogP contribution >= 0.6 is 0 Å². The number of hydrogen-bond acceptors (Lipinski definition) is 7. The van der Waals surface area contributed by atoms with Gasteiger partial charge in [0, 0.05) is 25.5 Å². The summed E-state index contributed by atoms with van der Waals surface area (Å²) in [6, 6.07) is 11.4. The van der Waals surface area contributed by atoms with E-state index in [2.05, 4.69) is 15.3 Å². The number of carbonyl (C=O) groups excluding carboxylic acids is 1. The van der Waals surface area contributed by atoms with Crippen molar-refractivity contribution < 1.29 is 22.7 Å². The molecule has 2 aromatic carbocycles. The highest BCUT2D eigenvalue weighted by Gasteiger charge is 2.27. The molecule has 1 aliphatic heterocycles. The largest absolute Gasteiger partial charge is 0.493 e. The van der Waals surface area contributed by atoms with Crippen molar-refractivity contribution in [2.24, 2.45) is 0 Å². The maximum absolute atomic E-state index is 13.2. The van der Waals surface area contributed by atoms with Crippen molar-refractivity contribution in [3.8, 4) is 17.2 Å². The van der Waals surface area contributed by atoms with Crippen LogP contribution in [0.1, 0.15) is 29.8 Å². The summed E-state index contributed by atoms with van der Waals surface area (Å²) in [5.74, 6) is 0.630. The maximum atomic E-state index is 13.2. The van der Waals surface area contributed by atoms with Crippen molar-refractivity contribution in [2.75, 3.05) is 25.5 Å². The average Bonchev–Trinajstić information content (AvgIpc) is 2.86. The number of carbonyl (C=O) groups is 1. The second-order valence-corrected chi connectivity index (χ2v) is 9.36. The zero-order valence-corrected chi connectivity index (χ0v) is 18.9. The van der Waals surface area contributed by atoms with Crippen LogP contribution in [0.25, 0.3) is 0 Å². The Labute approximate surface area is 192 Å². The van der Waals surface area contributed by atoms with E-state index in [0.717, 1.165) is 19.3 Å². The smallest absolute Gasteiger partial charge is 0.275 e. The molecule has 0 unspecified atom stereocenters. The van der Waals surface area contributed by atoms with Crippen LogP contribution in [0.2, 0.25) is 0 Å². The third-order valence-electron chi connectivity index (χ3n) is 5.24. The van der Waals surface area contributed by atoms with Gasteiger partial charge in [0.2, 0.25) is 10.0 Å². The first kappa shape index (κ1) is 22.7. The third-order valence-corrected chi connectivity index (χ3v) is 7.13. The lowest BCUT2D eigenvalue weighted by atomic mass is 10.2. The molecule has 1 amide bonds. The molecule has 1 fully saturated rings. The third kappa shape index (κ3) is 5.12. The molecule has 0 saturated carbocycles. The number of para-hydroxylation sites is 2. The molecule has 0 aliphatic carbocycles. The molecule has 0 bridgehead atoms. The highest BCUT2D eigenvalue weighted by atomic mass is 32.2.